The predicted octanol–water partition coefficient (Wildman–Crippen LogP) is 3.90. The van der Waals surface area contributed by atoms with Crippen LogP contribution in [0.15, 0.2) is 59.6 Å². The zero-order valence-corrected chi connectivity index (χ0v) is 17.2. The van der Waals surface area contributed by atoms with Crippen LogP contribution in [0.2, 0.25) is 0 Å². The van der Waals surface area contributed by atoms with E-state index in [-0.39, 0.29) is 22.9 Å². The Morgan fingerprint density at radius 2 is 1.83 bits per heavy atom. The van der Waals surface area contributed by atoms with Gasteiger partial charge in [0.2, 0.25) is 10.0 Å². The van der Waals surface area contributed by atoms with E-state index in [0.29, 0.717) is 10.7 Å². The summed E-state index contributed by atoms with van der Waals surface area (Å²) in [6, 6.07) is 10.7. The van der Waals surface area contributed by atoms with E-state index in [9.17, 15) is 22.9 Å². The molecule has 0 saturated heterocycles. The largest absolute Gasteiger partial charge is 0.294 e. The van der Waals surface area contributed by atoms with Crippen LogP contribution < -0.4 is 4.72 Å². The van der Waals surface area contributed by atoms with Gasteiger partial charge in [-0.2, -0.15) is 0 Å². The molecule has 0 spiro atoms. The Hall–Kier alpha value is -3.15. The molecule has 0 atom stereocenters. The Morgan fingerprint density at radius 3 is 2.43 bits per heavy atom. The second-order valence-electron chi connectivity index (χ2n) is 6.47. The first-order valence-corrected chi connectivity index (χ1v) is 11.0. The van der Waals surface area contributed by atoms with Gasteiger partial charge in [0, 0.05) is 41.0 Å². The van der Waals surface area contributed by atoms with Gasteiger partial charge in [0.05, 0.1) is 15.5 Å². The van der Waals surface area contributed by atoms with Crippen molar-refractivity contribution in [3.05, 3.63) is 81.2 Å². The molecule has 0 radical (unpaired) electrons. The van der Waals surface area contributed by atoms with Crippen LogP contribution in [0.5, 0.6) is 0 Å². The van der Waals surface area contributed by atoms with Gasteiger partial charge in [-0.1, -0.05) is 11.3 Å². The summed E-state index contributed by atoms with van der Waals surface area (Å²) < 4.78 is 42.5. The maximum absolute atomic E-state index is 13.1. The maximum Gasteiger partial charge on any atom is 0.269 e. The Bertz CT molecular complexity index is 1340. The molecule has 0 aliphatic carbocycles. The number of sulfonamides is 1. The van der Waals surface area contributed by atoms with Gasteiger partial charge in [0.1, 0.15) is 5.82 Å². The van der Waals surface area contributed by atoms with Gasteiger partial charge in [-0.3, -0.25) is 14.5 Å². The number of halogens is 1. The fraction of sp³-hybridized carbons (Fsp3) is 0.105. The lowest BCUT2D eigenvalue weighted by Crippen LogP contribution is -2.23. The number of nitrogens with one attached hydrogen (secondary N) is 1. The summed E-state index contributed by atoms with van der Waals surface area (Å²) in [5.41, 5.74) is 2.14. The Labute approximate surface area is 174 Å². The lowest BCUT2D eigenvalue weighted by Gasteiger charge is -2.06. The number of thiazole rings is 1. The molecule has 4 aromatic rings. The number of non-ortho nitro benzene ring substituents is 1. The number of imidazole rings is 1. The number of nitrogens with zero attached hydrogens (tertiary/aromatic N) is 3. The van der Waals surface area contributed by atoms with E-state index in [1.807, 2.05) is 17.5 Å². The average molecular weight is 446 g/mol. The summed E-state index contributed by atoms with van der Waals surface area (Å²) >= 11 is 1.35. The number of hydrogen-bond donors (Lipinski definition) is 1. The molecule has 2 aromatic carbocycles. The highest BCUT2D eigenvalue weighted by Gasteiger charge is 2.18. The third-order valence-corrected chi connectivity index (χ3v) is 7.15. The molecule has 0 unspecified atom stereocenters. The molecule has 2 heterocycles. The SMILES string of the molecule is Cc1c(CNS(=O)(=O)c2ccc([N+](=O)[O-])cc2)sc2nc(-c3ccc(F)cc3)cn12. The van der Waals surface area contributed by atoms with E-state index in [2.05, 4.69) is 9.71 Å². The number of nitro groups is 1. The summed E-state index contributed by atoms with van der Waals surface area (Å²) in [6.45, 7) is 1.92. The van der Waals surface area contributed by atoms with Gasteiger partial charge in [-0.15, -0.1) is 0 Å². The highest BCUT2D eigenvalue weighted by Crippen LogP contribution is 2.27. The number of aryl methyl sites for hydroxylation is 1. The van der Waals surface area contributed by atoms with E-state index in [1.165, 1.54) is 35.6 Å². The minimum atomic E-state index is -3.82. The lowest BCUT2D eigenvalue weighted by molar-refractivity contribution is -0.384. The van der Waals surface area contributed by atoms with E-state index >= 15 is 0 Å². The summed E-state index contributed by atoms with van der Waals surface area (Å²) in [6.07, 6.45) is 1.82. The van der Waals surface area contributed by atoms with E-state index in [4.69, 9.17) is 0 Å². The molecule has 0 aliphatic heterocycles. The molecule has 1 N–H and O–H groups in total. The molecule has 0 saturated carbocycles. The van der Waals surface area contributed by atoms with Crippen LogP contribution >= 0.6 is 11.3 Å². The quantitative estimate of drug-likeness (QED) is 0.357. The Kier molecular flexibility index (Phi) is 5.10. The minimum Gasteiger partial charge on any atom is -0.294 e. The number of aromatic nitrogens is 2. The van der Waals surface area contributed by atoms with Crippen molar-refractivity contribution in [3.63, 3.8) is 0 Å². The second-order valence-corrected chi connectivity index (χ2v) is 9.30. The second kappa shape index (κ2) is 7.59. The maximum atomic E-state index is 13.1. The normalized spacial score (nSPS) is 11.8. The van der Waals surface area contributed by atoms with Crippen molar-refractivity contribution in [1.82, 2.24) is 14.1 Å². The van der Waals surface area contributed by atoms with Crippen LogP contribution in [0.4, 0.5) is 10.1 Å². The van der Waals surface area contributed by atoms with E-state index < -0.39 is 14.9 Å². The first kappa shape index (κ1) is 20.1. The first-order chi connectivity index (χ1) is 14.2. The summed E-state index contributed by atoms with van der Waals surface area (Å²) in [5, 5.41) is 10.7. The molecule has 2 aromatic heterocycles. The highest BCUT2D eigenvalue weighted by atomic mass is 32.2. The van der Waals surface area contributed by atoms with Crippen LogP contribution in [0.25, 0.3) is 16.2 Å². The van der Waals surface area contributed by atoms with Gasteiger partial charge < -0.3 is 0 Å². The van der Waals surface area contributed by atoms with E-state index in [1.54, 1.807) is 12.1 Å². The number of fused-ring (bicyclic) bond motifs is 1. The van der Waals surface area contributed by atoms with Gasteiger partial charge in [-0.25, -0.2) is 22.5 Å². The van der Waals surface area contributed by atoms with Crippen molar-refractivity contribution < 1.29 is 17.7 Å². The molecule has 0 fully saturated rings. The fourth-order valence-corrected chi connectivity index (χ4v) is 5.04. The van der Waals surface area contributed by atoms with Crippen molar-refractivity contribution in [2.24, 2.45) is 0 Å². The van der Waals surface area contributed by atoms with Crippen molar-refractivity contribution in [1.29, 1.82) is 0 Å². The van der Waals surface area contributed by atoms with Crippen LogP contribution in [-0.4, -0.2) is 22.7 Å². The summed E-state index contributed by atoms with van der Waals surface area (Å²) in [5.74, 6) is -0.321. The molecule has 0 bridgehead atoms. The van der Waals surface area contributed by atoms with Gasteiger partial charge >= 0.3 is 0 Å². The number of hydrogen-bond acceptors (Lipinski definition) is 6. The standard InChI is InChI=1S/C19H15FN4O4S2/c1-12-18(10-21-30(27,28)16-8-6-15(7-9-16)24(25)26)29-19-22-17(11-23(12)19)13-2-4-14(20)5-3-13/h2-9,11,21H,10H2,1H3. The molecular formula is C19H15FN4O4S2. The number of benzene rings is 2. The molecule has 4 rings (SSSR count). The fourth-order valence-electron chi connectivity index (χ4n) is 2.91. The van der Waals surface area contributed by atoms with Crippen LogP contribution in [0, 0.1) is 22.9 Å². The zero-order chi connectivity index (χ0) is 21.5. The van der Waals surface area contributed by atoms with Crippen molar-refractivity contribution in [2.45, 2.75) is 18.4 Å². The molecule has 11 heteroatoms. The van der Waals surface area contributed by atoms with Crippen molar-refractivity contribution in [2.75, 3.05) is 0 Å². The third-order valence-electron chi connectivity index (χ3n) is 4.57. The molecule has 0 amide bonds. The number of rotatable bonds is 6. The molecule has 154 valence electrons. The number of nitro benzene ring substituents is 1. The van der Waals surface area contributed by atoms with Crippen LogP contribution in [0.3, 0.4) is 0 Å². The zero-order valence-electron chi connectivity index (χ0n) is 15.6. The van der Waals surface area contributed by atoms with Crippen molar-refractivity contribution >= 4 is 32.0 Å². The first-order valence-electron chi connectivity index (χ1n) is 8.72. The molecule has 8 nitrogen and oxygen atoms in total. The van der Waals surface area contributed by atoms with Gasteiger partial charge in [0.25, 0.3) is 5.69 Å². The minimum absolute atomic E-state index is 0.0503. The molecule has 30 heavy (non-hydrogen) atoms. The molecule has 0 aliphatic rings. The van der Waals surface area contributed by atoms with Crippen molar-refractivity contribution in [3.8, 4) is 11.3 Å². The highest BCUT2D eigenvalue weighted by molar-refractivity contribution is 7.89. The van der Waals surface area contributed by atoms with Crippen LogP contribution in [-0.2, 0) is 16.6 Å². The monoisotopic (exact) mass is 446 g/mol. The van der Waals surface area contributed by atoms with Gasteiger partial charge in [0.15, 0.2) is 4.96 Å². The van der Waals surface area contributed by atoms with Crippen LogP contribution in [0.1, 0.15) is 10.6 Å². The third kappa shape index (κ3) is 3.82. The summed E-state index contributed by atoms with van der Waals surface area (Å²) in [7, 11) is -3.82. The average Bonchev–Trinajstić information content (AvgIpc) is 3.26. The Morgan fingerprint density at radius 1 is 1.17 bits per heavy atom. The van der Waals surface area contributed by atoms with E-state index in [0.717, 1.165) is 28.3 Å². The summed E-state index contributed by atoms with van der Waals surface area (Å²) in [4.78, 5) is 16.1. The Balaban J connectivity index is 1.54. The molecular weight excluding hydrogens is 431 g/mol. The smallest absolute Gasteiger partial charge is 0.269 e. The predicted molar refractivity (Wildman–Crippen MR) is 110 cm³/mol. The van der Waals surface area contributed by atoms with Gasteiger partial charge in [-0.05, 0) is 43.3 Å². The lowest BCUT2D eigenvalue weighted by atomic mass is 10.2. The topological polar surface area (TPSA) is 107 Å².